The summed E-state index contributed by atoms with van der Waals surface area (Å²) in [6.07, 6.45) is -2.63. The molecule has 166 valence electrons. The molecular formula is C19H20N2O9S. The number of ether oxygens (including phenoxy) is 2. The fraction of sp³-hybridized carbons (Fsp3) is 0.421. The Balaban J connectivity index is 1.59. The van der Waals surface area contributed by atoms with Gasteiger partial charge in [0, 0.05) is 12.8 Å². The van der Waals surface area contributed by atoms with Crippen LogP contribution in [-0.2, 0) is 28.7 Å². The van der Waals surface area contributed by atoms with Crippen LogP contribution in [0.3, 0.4) is 0 Å². The van der Waals surface area contributed by atoms with Crippen molar-refractivity contribution in [3.63, 3.8) is 0 Å². The molecule has 2 aliphatic heterocycles. The van der Waals surface area contributed by atoms with Crippen molar-refractivity contribution >= 4 is 41.3 Å². The standard InChI is InChI=1S/C19H20N2O9S/c22-11(12-6-7-14(24)30-12)9-31-18-15(16(25)21(18)17(26)19(27)28)20-13(23)8-29-10-4-2-1-3-5-10/h1-5,12,15,17-18,26H,6-9H2,(H,20,23)(H,27,28)/t12-,15?,17?,18?/m0/s1. The van der Waals surface area contributed by atoms with E-state index in [0.717, 1.165) is 11.8 Å². The number of aliphatic hydroxyl groups excluding tert-OH is 1. The number of amides is 2. The van der Waals surface area contributed by atoms with Crippen LogP contribution in [0.5, 0.6) is 5.75 Å². The van der Waals surface area contributed by atoms with E-state index in [2.05, 4.69) is 5.32 Å². The zero-order valence-electron chi connectivity index (χ0n) is 16.1. The van der Waals surface area contributed by atoms with Crippen molar-refractivity contribution in [2.24, 2.45) is 0 Å². The van der Waals surface area contributed by atoms with E-state index >= 15 is 0 Å². The van der Waals surface area contributed by atoms with Crippen LogP contribution >= 0.6 is 11.8 Å². The lowest BCUT2D eigenvalue weighted by molar-refractivity contribution is -0.178. The Labute approximate surface area is 180 Å². The molecule has 2 aliphatic rings. The third-order valence-electron chi connectivity index (χ3n) is 4.63. The summed E-state index contributed by atoms with van der Waals surface area (Å²) in [5.74, 6) is -3.72. The van der Waals surface area contributed by atoms with Gasteiger partial charge in [-0.15, -0.1) is 11.8 Å². The summed E-state index contributed by atoms with van der Waals surface area (Å²) < 4.78 is 10.2. The summed E-state index contributed by atoms with van der Waals surface area (Å²) in [5.41, 5.74) is 0. The molecule has 3 unspecified atom stereocenters. The topological polar surface area (TPSA) is 160 Å². The van der Waals surface area contributed by atoms with Crippen LogP contribution in [0.4, 0.5) is 0 Å². The average molecular weight is 452 g/mol. The third-order valence-corrected chi connectivity index (χ3v) is 5.93. The lowest BCUT2D eigenvalue weighted by Crippen LogP contribution is -2.73. The minimum atomic E-state index is -2.13. The molecule has 4 atom stereocenters. The first-order valence-electron chi connectivity index (χ1n) is 9.32. The van der Waals surface area contributed by atoms with Crippen LogP contribution in [0.1, 0.15) is 12.8 Å². The Morgan fingerprint density at radius 1 is 1.26 bits per heavy atom. The first-order valence-corrected chi connectivity index (χ1v) is 10.4. The van der Waals surface area contributed by atoms with E-state index in [4.69, 9.17) is 14.6 Å². The number of rotatable bonds is 10. The molecule has 3 N–H and O–H groups in total. The monoisotopic (exact) mass is 452 g/mol. The number of cyclic esters (lactones) is 1. The molecule has 0 radical (unpaired) electrons. The van der Waals surface area contributed by atoms with Gasteiger partial charge in [-0.1, -0.05) is 18.2 Å². The number of β-lactam (4-membered cyclic amide) rings is 1. The van der Waals surface area contributed by atoms with E-state index < -0.39 is 53.3 Å². The van der Waals surface area contributed by atoms with Gasteiger partial charge in [0.05, 0.1) is 5.75 Å². The third kappa shape index (κ3) is 5.33. The van der Waals surface area contributed by atoms with Gasteiger partial charge in [-0.3, -0.25) is 24.1 Å². The smallest absolute Gasteiger partial charge is 0.354 e. The predicted molar refractivity (Wildman–Crippen MR) is 105 cm³/mol. The Hall–Kier alpha value is -3.12. The second kappa shape index (κ2) is 9.79. The largest absolute Gasteiger partial charge is 0.484 e. The first-order chi connectivity index (χ1) is 14.8. The molecule has 31 heavy (non-hydrogen) atoms. The summed E-state index contributed by atoms with van der Waals surface area (Å²) in [6, 6.07) is 7.36. The van der Waals surface area contributed by atoms with Crippen LogP contribution in [0.25, 0.3) is 0 Å². The van der Waals surface area contributed by atoms with Crippen molar-refractivity contribution in [1.82, 2.24) is 10.2 Å². The number of likely N-dealkylation sites (tertiary alicyclic amines) is 1. The molecule has 1 aromatic rings. The number of hydrogen-bond acceptors (Lipinski definition) is 9. The zero-order chi connectivity index (χ0) is 22.5. The van der Waals surface area contributed by atoms with Crippen molar-refractivity contribution in [3.05, 3.63) is 30.3 Å². The molecule has 1 aromatic carbocycles. The van der Waals surface area contributed by atoms with Gasteiger partial charge in [0.15, 0.2) is 18.5 Å². The second-order valence-electron chi connectivity index (χ2n) is 6.79. The number of benzene rings is 1. The molecule has 2 saturated heterocycles. The first kappa shape index (κ1) is 22.6. The van der Waals surface area contributed by atoms with Crippen molar-refractivity contribution in [2.75, 3.05) is 12.4 Å². The molecule has 0 aromatic heterocycles. The molecule has 12 heteroatoms. The van der Waals surface area contributed by atoms with Crippen molar-refractivity contribution in [1.29, 1.82) is 0 Å². The normalized spacial score (nSPS) is 23.5. The van der Waals surface area contributed by atoms with Crippen LogP contribution in [-0.4, -0.2) is 80.8 Å². The number of nitrogens with zero attached hydrogens (tertiary/aromatic N) is 1. The summed E-state index contributed by atoms with van der Waals surface area (Å²) in [4.78, 5) is 59.7. The van der Waals surface area contributed by atoms with Gasteiger partial charge >= 0.3 is 11.9 Å². The number of Topliss-reactive ketones (excluding diaryl/α,β-unsaturated/α-hetero) is 1. The SMILES string of the molecule is O=C(COc1ccccc1)NC1C(=O)N(C(O)C(=O)O)C1SCC(=O)[C@@H]1CCC(=O)O1. The number of aliphatic carboxylic acids is 1. The van der Waals surface area contributed by atoms with Crippen molar-refractivity contribution in [2.45, 2.75) is 36.6 Å². The Kier molecular flexibility index (Phi) is 7.13. The highest BCUT2D eigenvalue weighted by molar-refractivity contribution is 8.00. The van der Waals surface area contributed by atoms with Gasteiger partial charge in [-0.05, 0) is 12.1 Å². The summed E-state index contributed by atoms with van der Waals surface area (Å²) >= 11 is 0.867. The summed E-state index contributed by atoms with van der Waals surface area (Å²) in [5, 5.41) is 20.3. The van der Waals surface area contributed by atoms with E-state index in [1.54, 1.807) is 30.3 Å². The van der Waals surface area contributed by atoms with E-state index in [1.165, 1.54) is 0 Å². The number of nitrogens with one attached hydrogen (secondary N) is 1. The molecule has 2 heterocycles. The minimum Gasteiger partial charge on any atom is -0.484 e. The van der Waals surface area contributed by atoms with Crippen LogP contribution in [0.15, 0.2) is 30.3 Å². The molecular weight excluding hydrogens is 432 g/mol. The van der Waals surface area contributed by atoms with Gasteiger partial charge in [0.2, 0.25) is 6.23 Å². The molecule has 0 bridgehead atoms. The van der Waals surface area contributed by atoms with Gasteiger partial charge in [-0.25, -0.2) is 4.79 Å². The average Bonchev–Trinajstić information content (AvgIpc) is 3.19. The number of hydrogen-bond donors (Lipinski definition) is 3. The van der Waals surface area contributed by atoms with Gasteiger partial charge < -0.3 is 25.0 Å². The maximum atomic E-state index is 12.4. The number of aliphatic hydroxyl groups is 1. The highest BCUT2D eigenvalue weighted by Gasteiger charge is 2.53. The second-order valence-corrected chi connectivity index (χ2v) is 7.89. The Morgan fingerprint density at radius 2 is 1.97 bits per heavy atom. The number of para-hydroxylation sites is 1. The fourth-order valence-corrected chi connectivity index (χ4v) is 4.35. The van der Waals surface area contributed by atoms with E-state index in [0.29, 0.717) is 10.6 Å². The van der Waals surface area contributed by atoms with Gasteiger partial charge in [0.25, 0.3) is 11.8 Å². The van der Waals surface area contributed by atoms with Crippen molar-refractivity contribution < 1.29 is 43.7 Å². The highest BCUT2D eigenvalue weighted by atomic mass is 32.2. The highest BCUT2D eigenvalue weighted by Crippen LogP contribution is 2.32. The van der Waals surface area contributed by atoms with Gasteiger partial charge in [-0.2, -0.15) is 0 Å². The van der Waals surface area contributed by atoms with Crippen LogP contribution in [0.2, 0.25) is 0 Å². The number of carboxylic acids is 1. The maximum Gasteiger partial charge on any atom is 0.354 e. The molecule has 11 nitrogen and oxygen atoms in total. The number of carbonyl (C=O) groups is 5. The number of ketones is 1. The minimum absolute atomic E-state index is 0.132. The van der Waals surface area contributed by atoms with E-state index in [9.17, 15) is 29.1 Å². The predicted octanol–water partition coefficient (Wildman–Crippen LogP) is -0.871. The molecule has 3 rings (SSSR count). The lowest BCUT2D eigenvalue weighted by Gasteiger charge is -2.47. The molecule has 0 aliphatic carbocycles. The van der Waals surface area contributed by atoms with E-state index in [-0.39, 0.29) is 25.2 Å². The van der Waals surface area contributed by atoms with E-state index in [1.807, 2.05) is 0 Å². The molecule has 0 spiro atoms. The number of carbonyl (C=O) groups excluding carboxylic acids is 4. The quantitative estimate of drug-likeness (QED) is 0.301. The van der Waals surface area contributed by atoms with Crippen LogP contribution < -0.4 is 10.1 Å². The lowest BCUT2D eigenvalue weighted by atomic mass is 10.1. The summed E-state index contributed by atoms with van der Waals surface area (Å²) in [6.45, 7) is -0.385. The number of esters is 1. The molecule has 2 amide bonds. The summed E-state index contributed by atoms with van der Waals surface area (Å²) in [7, 11) is 0. The fourth-order valence-electron chi connectivity index (χ4n) is 3.07. The maximum absolute atomic E-state index is 12.4. The van der Waals surface area contributed by atoms with Crippen LogP contribution in [0, 0.1) is 0 Å². The van der Waals surface area contributed by atoms with Gasteiger partial charge in [0.1, 0.15) is 17.2 Å². The number of thioether (sulfide) groups is 1. The Bertz CT molecular complexity index is 878. The molecule has 0 saturated carbocycles. The Morgan fingerprint density at radius 3 is 2.58 bits per heavy atom. The molecule has 2 fully saturated rings. The number of carboxylic acid groups (broad SMARTS) is 1. The van der Waals surface area contributed by atoms with Crippen molar-refractivity contribution in [3.8, 4) is 5.75 Å². The zero-order valence-corrected chi connectivity index (χ0v) is 16.9.